The van der Waals surface area contributed by atoms with Crippen LogP contribution in [0.4, 0.5) is 13.2 Å². The Morgan fingerprint density at radius 3 is 2.35 bits per heavy atom. The molecule has 0 aliphatic carbocycles. The smallest absolute Gasteiger partial charge is 0.486 e. The van der Waals surface area contributed by atoms with Gasteiger partial charge in [0.2, 0.25) is 0 Å². The van der Waals surface area contributed by atoms with E-state index in [0.29, 0.717) is 10.8 Å². The third kappa shape index (κ3) is 4.57. The van der Waals surface area contributed by atoms with E-state index in [9.17, 15) is 13.2 Å². The Morgan fingerprint density at radius 1 is 1.15 bits per heavy atom. The van der Waals surface area contributed by atoms with Crippen molar-refractivity contribution in [2.24, 2.45) is 0 Å². The summed E-state index contributed by atoms with van der Waals surface area (Å²) in [6, 6.07) is 5.18. The summed E-state index contributed by atoms with van der Waals surface area (Å²) in [6.45, 7) is 0.220. The summed E-state index contributed by atoms with van der Waals surface area (Å²) in [5, 5.41) is 8.52. The van der Waals surface area contributed by atoms with E-state index in [-0.39, 0.29) is 12.4 Å². The van der Waals surface area contributed by atoms with Gasteiger partial charge < -0.3 is 9.47 Å². The zero-order valence-corrected chi connectivity index (χ0v) is 11.8. The molecule has 0 saturated carbocycles. The van der Waals surface area contributed by atoms with Crippen LogP contribution < -0.4 is 9.47 Å². The summed E-state index contributed by atoms with van der Waals surface area (Å²) in [6.07, 6.45) is -2.80. The fraction of sp³-hybridized carbons (Fsp3) is 0.273. The molecule has 0 atom stereocenters. The molecule has 9 heteroatoms. The van der Waals surface area contributed by atoms with Crippen LogP contribution in [0.25, 0.3) is 0 Å². The largest absolute Gasteiger partial charge is 0.573 e. The van der Waals surface area contributed by atoms with Crippen LogP contribution in [0.2, 0.25) is 0 Å². The highest BCUT2D eigenvalue weighted by Crippen LogP contribution is 2.25. The molecule has 20 heavy (non-hydrogen) atoms. The van der Waals surface area contributed by atoms with Crippen LogP contribution in [0, 0.1) is 0 Å². The fourth-order valence-electron chi connectivity index (χ4n) is 1.26. The quantitative estimate of drug-likeness (QED) is 0.785. The van der Waals surface area contributed by atoms with Gasteiger partial charge in [-0.15, -0.1) is 23.4 Å². The molecule has 2 aromatic rings. The summed E-state index contributed by atoms with van der Waals surface area (Å²) in [5.74, 6) is 0.144. The van der Waals surface area contributed by atoms with Gasteiger partial charge in [0, 0.05) is 0 Å². The number of hydrogen-bond acceptors (Lipinski definition) is 6. The van der Waals surface area contributed by atoms with Crippen molar-refractivity contribution in [1.82, 2.24) is 10.2 Å². The number of nitrogens with zero attached hydrogens (tertiary/aromatic N) is 2. The molecule has 0 radical (unpaired) electrons. The molecule has 0 saturated heterocycles. The Bertz CT molecular complexity index is 558. The molecule has 0 bridgehead atoms. The van der Waals surface area contributed by atoms with E-state index in [1.807, 2.05) is 6.26 Å². The first kappa shape index (κ1) is 14.9. The molecule has 0 fully saturated rings. The summed E-state index contributed by atoms with van der Waals surface area (Å²) in [7, 11) is 0. The minimum atomic E-state index is -4.69. The van der Waals surface area contributed by atoms with Crippen molar-refractivity contribution < 1.29 is 22.6 Å². The Morgan fingerprint density at radius 2 is 1.80 bits per heavy atom. The minimum absolute atomic E-state index is 0.220. The number of rotatable bonds is 5. The Labute approximate surface area is 120 Å². The molecule has 0 N–H and O–H groups in total. The highest BCUT2D eigenvalue weighted by Gasteiger charge is 2.30. The first-order valence-electron chi connectivity index (χ1n) is 5.31. The maximum absolute atomic E-state index is 12.0. The Kier molecular flexibility index (Phi) is 4.71. The third-order valence-corrected chi connectivity index (χ3v) is 3.91. The second kappa shape index (κ2) is 6.31. The lowest BCUT2D eigenvalue weighted by atomic mass is 10.3. The second-order valence-electron chi connectivity index (χ2n) is 3.47. The molecule has 108 valence electrons. The van der Waals surface area contributed by atoms with E-state index in [0.717, 1.165) is 4.34 Å². The molecular weight excluding hydrogens is 313 g/mol. The SMILES string of the molecule is CSc1nnc(COc2ccc(OC(F)(F)F)cc2)s1. The lowest BCUT2D eigenvalue weighted by Gasteiger charge is -2.09. The average molecular weight is 322 g/mol. The van der Waals surface area contributed by atoms with Gasteiger partial charge in [-0.25, -0.2) is 0 Å². The van der Waals surface area contributed by atoms with Gasteiger partial charge >= 0.3 is 6.36 Å². The summed E-state index contributed by atoms with van der Waals surface area (Å²) < 4.78 is 45.9. The average Bonchev–Trinajstić information content (AvgIpc) is 2.84. The van der Waals surface area contributed by atoms with Crippen molar-refractivity contribution in [2.75, 3.05) is 6.26 Å². The van der Waals surface area contributed by atoms with Crippen molar-refractivity contribution in [3.63, 3.8) is 0 Å². The summed E-state index contributed by atoms with van der Waals surface area (Å²) >= 11 is 2.89. The van der Waals surface area contributed by atoms with Crippen LogP contribution in [-0.2, 0) is 6.61 Å². The Balaban J connectivity index is 1.90. The highest BCUT2D eigenvalue weighted by molar-refractivity contribution is 8.00. The van der Waals surface area contributed by atoms with Crippen molar-refractivity contribution in [3.8, 4) is 11.5 Å². The number of thioether (sulfide) groups is 1. The number of aromatic nitrogens is 2. The standard InChI is InChI=1S/C11H9F3N2O2S2/c1-19-10-16-15-9(20-10)6-17-7-2-4-8(5-3-7)18-11(12,13)14/h2-5H,6H2,1H3. The fourth-order valence-corrected chi connectivity index (χ4v) is 2.49. The van der Waals surface area contributed by atoms with E-state index in [2.05, 4.69) is 14.9 Å². The van der Waals surface area contributed by atoms with Crippen LogP contribution in [-0.4, -0.2) is 22.8 Å². The van der Waals surface area contributed by atoms with Crippen molar-refractivity contribution in [3.05, 3.63) is 29.3 Å². The molecule has 0 unspecified atom stereocenters. The maximum Gasteiger partial charge on any atom is 0.573 e. The molecule has 1 aromatic carbocycles. The van der Waals surface area contributed by atoms with E-state index >= 15 is 0 Å². The van der Waals surface area contributed by atoms with E-state index in [4.69, 9.17) is 4.74 Å². The van der Waals surface area contributed by atoms with E-state index in [1.54, 1.807) is 0 Å². The molecule has 0 amide bonds. The molecular formula is C11H9F3N2O2S2. The van der Waals surface area contributed by atoms with Gasteiger partial charge in [0.25, 0.3) is 0 Å². The monoisotopic (exact) mass is 322 g/mol. The van der Waals surface area contributed by atoms with Gasteiger partial charge in [0.15, 0.2) is 9.35 Å². The molecule has 4 nitrogen and oxygen atoms in total. The van der Waals surface area contributed by atoms with E-state index < -0.39 is 6.36 Å². The number of benzene rings is 1. The third-order valence-electron chi connectivity index (χ3n) is 2.04. The van der Waals surface area contributed by atoms with Gasteiger partial charge in [-0.2, -0.15) is 0 Å². The summed E-state index contributed by atoms with van der Waals surface area (Å²) in [5.41, 5.74) is 0. The van der Waals surface area contributed by atoms with Gasteiger partial charge in [-0.05, 0) is 30.5 Å². The van der Waals surface area contributed by atoms with Crippen molar-refractivity contribution in [2.45, 2.75) is 17.3 Å². The topological polar surface area (TPSA) is 44.2 Å². The zero-order valence-electron chi connectivity index (χ0n) is 10.2. The van der Waals surface area contributed by atoms with Gasteiger partial charge in [0.05, 0.1) is 0 Å². The van der Waals surface area contributed by atoms with Crippen LogP contribution >= 0.6 is 23.1 Å². The zero-order chi connectivity index (χ0) is 14.6. The minimum Gasteiger partial charge on any atom is -0.486 e. The molecule has 1 heterocycles. The molecule has 1 aromatic heterocycles. The Hall–Kier alpha value is -1.48. The predicted octanol–water partition coefficient (Wildman–Crippen LogP) is 3.74. The summed E-state index contributed by atoms with van der Waals surface area (Å²) in [4.78, 5) is 0. The number of hydrogen-bond donors (Lipinski definition) is 0. The second-order valence-corrected chi connectivity index (χ2v) is 5.59. The van der Waals surface area contributed by atoms with Crippen molar-refractivity contribution >= 4 is 23.1 Å². The molecule has 0 aliphatic rings. The normalized spacial score (nSPS) is 11.4. The van der Waals surface area contributed by atoms with Crippen LogP contribution in [0.5, 0.6) is 11.5 Å². The van der Waals surface area contributed by atoms with Crippen LogP contribution in [0.15, 0.2) is 28.6 Å². The molecule has 0 spiro atoms. The van der Waals surface area contributed by atoms with Crippen LogP contribution in [0.1, 0.15) is 5.01 Å². The van der Waals surface area contributed by atoms with Gasteiger partial charge in [0.1, 0.15) is 18.1 Å². The lowest BCUT2D eigenvalue weighted by Crippen LogP contribution is -2.16. The first-order valence-corrected chi connectivity index (χ1v) is 7.35. The van der Waals surface area contributed by atoms with E-state index in [1.165, 1.54) is 47.4 Å². The number of alkyl halides is 3. The molecule has 2 rings (SSSR count). The molecule has 0 aliphatic heterocycles. The predicted molar refractivity (Wildman–Crippen MR) is 69.1 cm³/mol. The van der Waals surface area contributed by atoms with Gasteiger partial charge in [-0.1, -0.05) is 23.1 Å². The lowest BCUT2D eigenvalue weighted by molar-refractivity contribution is -0.274. The first-order chi connectivity index (χ1) is 9.46. The van der Waals surface area contributed by atoms with Crippen molar-refractivity contribution in [1.29, 1.82) is 0 Å². The maximum atomic E-state index is 12.0. The highest BCUT2D eigenvalue weighted by atomic mass is 32.2. The number of ether oxygens (including phenoxy) is 2. The van der Waals surface area contributed by atoms with Gasteiger partial charge in [-0.3, -0.25) is 0 Å². The van der Waals surface area contributed by atoms with Crippen LogP contribution in [0.3, 0.4) is 0 Å². The number of halogens is 3.